The van der Waals surface area contributed by atoms with Gasteiger partial charge in [-0.1, -0.05) is 61.5 Å². The van der Waals surface area contributed by atoms with Gasteiger partial charge in [0.1, 0.15) is 18.3 Å². The van der Waals surface area contributed by atoms with E-state index in [-0.39, 0.29) is 24.2 Å². The van der Waals surface area contributed by atoms with Crippen molar-refractivity contribution < 1.29 is 22.7 Å². The Balaban J connectivity index is 1.98. The number of halogens is 2. The number of ether oxygens (including phenoxy) is 1. The number of sulfonamides is 1. The maximum atomic E-state index is 14.0. The van der Waals surface area contributed by atoms with Gasteiger partial charge in [-0.25, -0.2) is 8.42 Å². The zero-order valence-corrected chi connectivity index (χ0v) is 25.2. The van der Waals surface area contributed by atoms with Crippen molar-refractivity contribution in [2.75, 3.05) is 24.2 Å². The van der Waals surface area contributed by atoms with Gasteiger partial charge in [-0.15, -0.1) is 0 Å². The van der Waals surface area contributed by atoms with Crippen molar-refractivity contribution in [3.05, 3.63) is 57.6 Å². The lowest BCUT2D eigenvalue weighted by atomic mass is 9.95. The first-order chi connectivity index (χ1) is 18.4. The minimum absolute atomic E-state index is 0.0505. The number of amides is 2. The van der Waals surface area contributed by atoms with Crippen LogP contribution in [0.5, 0.6) is 5.75 Å². The van der Waals surface area contributed by atoms with Crippen LogP contribution in [0, 0.1) is 6.92 Å². The predicted molar refractivity (Wildman–Crippen MR) is 156 cm³/mol. The van der Waals surface area contributed by atoms with E-state index in [4.69, 9.17) is 27.9 Å². The maximum absolute atomic E-state index is 14.0. The van der Waals surface area contributed by atoms with Gasteiger partial charge in [0, 0.05) is 12.6 Å². The first-order valence-corrected chi connectivity index (χ1v) is 15.7. The Kier molecular flexibility index (Phi) is 10.9. The number of anilines is 1. The number of hydrogen-bond acceptors (Lipinski definition) is 5. The van der Waals surface area contributed by atoms with E-state index >= 15 is 0 Å². The lowest BCUT2D eigenvalue weighted by Crippen LogP contribution is -2.54. The van der Waals surface area contributed by atoms with Gasteiger partial charge >= 0.3 is 0 Å². The average Bonchev–Trinajstić information content (AvgIpc) is 2.89. The summed E-state index contributed by atoms with van der Waals surface area (Å²) in [5.74, 6) is -0.463. The van der Waals surface area contributed by atoms with Gasteiger partial charge in [0.15, 0.2) is 0 Å². The molecule has 0 heterocycles. The third kappa shape index (κ3) is 8.25. The Hall–Kier alpha value is -2.49. The van der Waals surface area contributed by atoms with Crippen LogP contribution in [0.1, 0.15) is 56.6 Å². The van der Waals surface area contributed by atoms with Crippen LogP contribution in [-0.4, -0.2) is 57.1 Å². The highest BCUT2D eigenvalue weighted by molar-refractivity contribution is 7.92. The molecule has 2 amide bonds. The number of methoxy groups -OCH3 is 1. The molecule has 1 aliphatic rings. The molecule has 1 N–H and O–H groups in total. The summed E-state index contributed by atoms with van der Waals surface area (Å²) in [6.45, 7) is 3.20. The minimum Gasteiger partial charge on any atom is -0.495 e. The molecule has 0 spiro atoms. The van der Waals surface area contributed by atoms with E-state index in [2.05, 4.69) is 5.32 Å². The van der Waals surface area contributed by atoms with Crippen molar-refractivity contribution in [3.8, 4) is 5.75 Å². The van der Waals surface area contributed by atoms with Crippen LogP contribution in [0.3, 0.4) is 0 Å². The molecule has 3 rings (SSSR count). The largest absolute Gasteiger partial charge is 0.495 e. The van der Waals surface area contributed by atoms with E-state index in [9.17, 15) is 18.0 Å². The Labute approximate surface area is 241 Å². The van der Waals surface area contributed by atoms with Crippen LogP contribution in [0.25, 0.3) is 0 Å². The zero-order valence-electron chi connectivity index (χ0n) is 22.9. The van der Waals surface area contributed by atoms with Crippen LogP contribution in [0.4, 0.5) is 5.69 Å². The van der Waals surface area contributed by atoms with E-state index in [1.54, 1.807) is 36.4 Å². The Morgan fingerprint density at radius 2 is 1.77 bits per heavy atom. The van der Waals surface area contributed by atoms with Gasteiger partial charge in [-0.3, -0.25) is 13.9 Å². The molecular formula is C28H37Cl2N3O5S. The van der Waals surface area contributed by atoms with Crippen molar-refractivity contribution in [3.63, 3.8) is 0 Å². The summed E-state index contributed by atoms with van der Waals surface area (Å²) in [6.07, 6.45) is 6.44. The molecule has 0 unspecified atom stereocenters. The third-order valence-corrected chi connectivity index (χ3v) is 8.82. The molecule has 11 heteroatoms. The fourth-order valence-corrected chi connectivity index (χ4v) is 6.05. The monoisotopic (exact) mass is 597 g/mol. The standard InChI is InChI=1S/C28H37Cl2N3O5S/c1-5-24(28(35)31-21-9-7-6-8-10-21)32(17-20-12-13-22(29)23(30)16-20)27(34)18-33(39(4,36)37)25-15-19(2)11-14-26(25)38-3/h11-16,21,24H,5-10,17-18H2,1-4H3,(H,31,35)/t24-/m1/s1. The topological polar surface area (TPSA) is 96.0 Å². The number of carbonyl (C=O) groups is 2. The highest BCUT2D eigenvalue weighted by Gasteiger charge is 2.33. The van der Waals surface area contributed by atoms with Crippen molar-refractivity contribution in [2.45, 2.75) is 71.0 Å². The summed E-state index contributed by atoms with van der Waals surface area (Å²) in [5, 5.41) is 3.81. The molecule has 0 radical (unpaired) electrons. The number of hydrogen-bond donors (Lipinski definition) is 1. The predicted octanol–water partition coefficient (Wildman–Crippen LogP) is 5.33. The summed E-state index contributed by atoms with van der Waals surface area (Å²) in [6, 6.07) is 9.37. The second-order valence-corrected chi connectivity index (χ2v) is 12.7. The van der Waals surface area contributed by atoms with E-state index in [1.165, 1.54) is 12.0 Å². The van der Waals surface area contributed by atoms with E-state index < -0.39 is 28.5 Å². The summed E-state index contributed by atoms with van der Waals surface area (Å²) in [4.78, 5) is 28.9. The van der Waals surface area contributed by atoms with Gasteiger partial charge < -0.3 is 15.0 Å². The highest BCUT2D eigenvalue weighted by Crippen LogP contribution is 2.31. The molecule has 0 aromatic heterocycles. The van der Waals surface area contributed by atoms with Crippen LogP contribution in [-0.2, 0) is 26.2 Å². The molecule has 39 heavy (non-hydrogen) atoms. The van der Waals surface area contributed by atoms with E-state index in [0.29, 0.717) is 27.8 Å². The molecule has 1 fully saturated rings. The smallest absolute Gasteiger partial charge is 0.244 e. The van der Waals surface area contributed by atoms with Gasteiger partial charge in [0.05, 0.1) is 29.1 Å². The molecule has 0 saturated heterocycles. The van der Waals surface area contributed by atoms with Gasteiger partial charge in [-0.2, -0.15) is 0 Å². The number of carbonyl (C=O) groups excluding carboxylic acids is 2. The molecule has 214 valence electrons. The van der Waals surface area contributed by atoms with E-state index in [1.807, 2.05) is 13.8 Å². The number of nitrogens with zero attached hydrogens (tertiary/aromatic N) is 2. The van der Waals surface area contributed by atoms with Crippen LogP contribution >= 0.6 is 23.2 Å². The molecular weight excluding hydrogens is 561 g/mol. The number of nitrogens with one attached hydrogen (secondary N) is 1. The summed E-state index contributed by atoms with van der Waals surface area (Å²) in [7, 11) is -2.45. The van der Waals surface area contributed by atoms with Gasteiger partial charge in [0.25, 0.3) is 0 Å². The van der Waals surface area contributed by atoms with Crippen molar-refractivity contribution in [1.29, 1.82) is 0 Å². The summed E-state index contributed by atoms with van der Waals surface area (Å²) in [5.41, 5.74) is 1.72. The van der Waals surface area contributed by atoms with Crippen LogP contribution in [0.2, 0.25) is 10.0 Å². The molecule has 0 aliphatic heterocycles. The molecule has 1 aliphatic carbocycles. The highest BCUT2D eigenvalue weighted by atomic mass is 35.5. The second-order valence-electron chi connectivity index (χ2n) is 9.98. The first kappa shape index (κ1) is 31.0. The van der Waals surface area contributed by atoms with Crippen LogP contribution in [0.15, 0.2) is 36.4 Å². The molecule has 0 bridgehead atoms. The normalized spacial score (nSPS) is 14.9. The van der Waals surface area contributed by atoms with E-state index in [0.717, 1.165) is 48.2 Å². The fraction of sp³-hybridized carbons (Fsp3) is 0.500. The molecule has 2 aromatic carbocycles. The summed E-state index contributed by atoms with van der Waals surface area (Å²) < 4.78 is 32.3. The maximum Gasteiger partial charge on any atom is 0.244 e. The molecule has 2 aromatic rings. The lowest BCUT2D eigenvalue weighted by molar-refractivity contribution is -0.140. The first-order valence-electron chi connectivity index (χ1n) is 13.1. The fourth-order valence-electron chi connectivity index (χ4n) is 4.89. The van der Waals surface area contributed by atoms with Crippen molar-refractivity contribution >= 4 is 50.7 Å². The number of rotatable bonds is 11. The zero-order chi connectivity index (χ0) is 28.7. The number of aryl methyl sites for hydroxylation is 1. The quantitative estimate of drug-likeness (QED) is 0.377. The van der Waals surface area contributed by atoms with Gasteiger partial charge in [0.2, 0.25) is 21.8 Å². The Bertz CT molecular complexity index is 1280. The molecule has 8 nitrogen and oxygen atoms in total. The summed E-state index contributed by atoms with van der Waals surface area (Å²) >= 11 is 12.3. The number of benzene rings is 2. The average molecular weight is 599 g/mol. The minimum atomic E-state index is -3.89. The molecule has 1 atom stereocenters. The molecule has 1 saturated carbocycles. The van der Waals surface area contributed by atoms with Crippen molar-refractivity contribution in [2.24, 2.45) is 0 Å². The second kappa shape index (κ2) is 13.7. The third-order valence-electron chi connectivity index (χ3n) is 6.96. The Morgan fingerprint density at radius 1 is 1.08 bits per heavy atom. The van der Waals surface area contributed by atoms with Crippen molar-refractivity contribution in [1.82, 2.24) is 10.2 Å². The SMILES string of the molecule is CC[C@H](C(=O)NC1CCCCC1)N(Cc1ccc(Cl)c(Cl)c1)C(=O)CN(c1cc(C)ccc1OC)S(C)(=O)=O. The van der Waals surface area contributed by atoms with Crippen LogP contribution < -0.4 is 14.4 Å². The lowest BCUT2D eigenvalue weighted by Gasteiger charge is -2.34. The Morgan fingerprint density at radius 3 is 2.36 bits per heavy atom. The van der Waals surface area contributed by atoms with Gasteiger partial charge in [-0.05, 0) is 61.6 Å².